The third kappa shape index (κ3) is 4.44. The van der Waals surface area contributed by atoms with Gasteiger partial charge in [-0.25, -0.2) is 9.97 Å². The van der Waals surface area contributed by atoms with Gasteiger partial charge in [-0.15, -0.1) is 0 Å². The number of nitrogens with zero attached hydrogens (tertiary/aromatic N) is 5. The normalized spacial score (nSPS) is 18.3. The quantitative estimate of drug-likeness (QED) is 0.500. The Balaban J connectivity index is 1.56. The molecule has 9 nitrogen and oxygen atoms in total. The number of halogens is 3. The molecule has 0 bridgehead atoms. The number of nitrogen functional groups attached to an aromatic ring is 1. The Hall–Kier alpha value is -4.09. The molecule has 3 aromatic rings. The van der Waals surface area contributed by atoms with Crippen molar-refractivity contribution in [1.82, 2.24) is 14.9 Å². The van der Waals surface area contributed by atoms with Crippen LogP contribution in [0.3, 0.4) is 0 Å². The lowest BCUT2D eigenvalue weighted by atomic mass is 10.0. The molecule has 1 unspecified atom stereocenters. The van der Waals surface area contributed by atoms with Crippen molar-refractivity contribution < 1.29 is 22.8 Å². The van der Waals surface area contributed by atoms with Crippen molar-refractivity contribution in [2.45, 2.75) is 39.0 Å². The molecule has 1 aromatic heterocycles. The third-order valence-corrected chi connectivity index (χ3v) is 7.17. The molecular formula is C26H28F3N7O2. The maximum Gasteiger partial charge on any atom is 0.416 e. The van der Waals surface area contributed by atoms with E-state index in [1.165, 1.54) is 13.0 Å². The molecule has 1 fully saturated rings. The molecule has 12 heteroatoms. The molecule has 2 aliphatic rings. The monoisotopic (exact) mass is 527 g/mol. The Bertz CT molecular complexity index is 1460. The van der Waals surface area contributed by atoms with Gasteiger partial charge in [0.1, 0.15) is 17.7 Å². The van der Waals surface area contributed by atoms with E-state index in [0.717, 1.165) is 17.8 Å². The minimum Gasteiger partial charge on any atom is -0.399 e. The van der Waals surface area contributed by atoms with Crippen LogP contribution in [-0.2, 0) is 15.8 Å². The van der Waals surface area contributed by atoms with Gasteiger partial charge in [-0.3, -0.25) is 9.59 Å². The molecule has 200 valence electrons. The van der Waals surface area contributed by atoms with Crippen molar-refractivity contribution in [1.29, 1.82) is 0 Å². The summed E-state index contributed by atoms with van der Waals surface area (Å²) >= 11 is 0. The first-order valence-corrected chi connectivity index (χ1v) is 12.2. The highest BCUT2D eigenvalue weighted by Gasteiger charge is 2.41. The zero-order chi connectivity index (χ0) is 27.5. The highest BCUT2D eigenvalue weighted by Crippen LogP contribution is 2.41. The number of carbonyl (C=O) groups is 2. The minimum atomic E-state index is -4.52. The summed E-state index contributed by atoms with van der Waals surface area (Å²) in [5.41, 5.74) is 7.43. The van der Waals surface area contributed by atoms with Gasteiger partial charge in [-0.2, -0.15) is 13.2 Å². The van der Waals surface area contributed by atoms with Crippen LogP contribution in [-0.4, -0.2) is 59.4 Å². The molecule has 1 saturated heterocycles. The number of piperazine rings is 1. The Morgan fingerprint density at radius 2 is 1.87 bits per heavy atom. The fourth-order valence-corrected chi connectivity index (χ4v) is 5.17. The van der Waals surface area contributed by atoms with E-state index in [2.05, 4.69) is 15.3 Å². The van der Waals surface area contributed by atoms with E-state index in [1.807, 2.05) is 17.0 Å². The maximum atomic E-state index is 13.4. The number of benzene rings is 2. The van der Waals surface area contributed by atoms with Gasteiger partial charge in [0.15, 0.2) is 0 Å². The van der Waals surface area contributed by atoms with Crippen molar-refractivity contribution >= 4 is 45.6 Å². The van der Waals surface area contributed by atoms with Crippen LogP contribution in [0.5, 0.6) is 0 Å². The predicted octanol–water partition coefficient (Wildman–Crippen LogP) is 3.73. The van der Waals surface area contributed by atoms with Crippen molar-refractivity contribution in [2.75, 3.05) is 47.5 Å². The number of likely N-dealkylation sites (N-methyl/N-ethyl adjacent to an activating group) is 1. The standard InChI is InChI=1S/C26H28F3N7O2/c1-13(16-7-17(26(27,28)29)9-18(30)8-16)31-24-19-10-22-21(11-20(19)32-14(2)33-24)34(4)25(38)23-12-35(15(3)37)5-6-36(22)23/h7-11,13,23H,5-6,12,30H2,1-4H3,(H,31,32,33)/t13-,23?/m1/s1. The molecule has 0 aliphatic carbocycles. The van der Waals surface area contributed by atoms with Crippen LogP contribution < -0.4 is 20.9 Å². The SMILES string of the molecule is CC(=O)N1CCN2c3cc4c(N[C@H](C)c5cc(N)cc(C(F)(F)F)c5)nc(C)nc4cc3N(C)C(=O)C2C1. The summed E-state index contributed by atoms with van der Waals surface area (Å²) in [4.78, 5) is 39.5. The molecular weight excluding hydrogens is 499 g/mol. The Labute approximate surface area is 217 Å². The Morgan fingerprint density at radius 1 is 1.13 bits per heavy atom. The maximum absolute atomic E-state index is 13.4. The number of amides is 2. The van der Waals surface area contributed by atoms with Gasteiger partial charge in [0.2, 0.25) is 5.91 Å². The van der Waals surface area contributed by atoms with Gasteiger partial charge >= 0.3 is 6.18 Å². The molecule has 0 radical (unpaired) electrons. The summed E-state index contributed by atoms with van der Waals surface area (Å²) in [7, 11) is 1.70. The summed E-state index contributed by atoms with van der Waals surface area (Å²) in [5, 5.41) is 3.91. The number of anilines is 4. The zero-order valence-corrected chi connectivity index (χ0v) is 21.4. The van der Waals surface area contributed by atoms with Crippen molar-refractivity contribution in [3.05, 3.63) is 47.3 Å². The smallest absolute Gasteiger partial charge is 0.399 e. The largest absolute Gasteiger partial charge is 0.416 e. The van der Waals surface area contributed by atoms with Crippen molar-refractivity contribution in [3.8, 4) is 0 Å². The lowest BCUT2D eigenvalue weighted by Crippen LogP contribution is -2.62. The second-order valence-corrected chi connectivity index (χ2v) is 9.80. The first kappa shape index (κ1) is 25.6. The van der Waals surface area contributed by atoms with E-state index in [1.54, 1.807) is 30.7 Å². The highest BCUT2D eigenvalue weighted by atomic mass is 19.4. The molecule has 2 aromatic carbocycles. The molecule has 2 amide bonds. The molecule has 3 heterocycles. The average molecular weight is 528 g/mol. The molecule has 3 N–H and O–H groups in total. The second-order valence-electron chi connectivity index (χ2n) is 9.80. The van der Waals surface area contributed by atoms with E-state index >= 15 is 0 Å². The fourth-order valence-electron chi connectivity index (χ4n) is 5.17. The van der Waals surface area contributed by atoms with Crippen LogP contribution >= 0.6 is 0 Å². The summed E-state index contributed by atoms with van der Waals surface area (Å²) in [6.07, 6.45) is -4.52. The van der Waals surface area contributed by atoms with Crippen LogP contribution in [0.25, 0.3) is 10.9 Å². The number of nitrogens with two attached hydrogens (primary N) is 1. The first-order chi connectivity index (χ1) is 17.8. The van der Waals surface area contributed by atoms with E-state index < -0.39 is 23.8 Å². The molecule has 5 rings (SSSR count). The Kier molecular flexibility index (Phi) is 6.07. The molecule has 38 heavy (non-hydrogen) atoms. The van der Waals surface area contributed by atoms with Crippen molar-refractivity contribution in [2.24, 2.45) is 0 Å². The highest BCUT2D eigenvalue weighted by molar-refractivity contribution is 6.09. The second kappa shape index (κ2) is 9.03. The van der Waals surface area contributed by atoms with Crippen LogP contribution in [0.4, 0.5) is 36.1 Å². The molecule has 0 saturated carbocycles. The van der Waals surface area contributed by atoms with Crippen LogP contribution in [0.15, 0.2) is 30.3 Å². The number of hydrogen-bond donors (Lipinski definition) is 2. The van der Waals surface area contributed by atoms with Crippen LogP contribution in [0.1, 0.15) is 36.8 Å². The van der Waals surface area contributed by atoms with Gasteiger partial charge < -0.3 is 25.8 Å². The van der Waals surface area contributed by atoms with Crippen molar-refractivity contribution in [3.63, 3.8) is 0 Å². The number of carbonyl (C=O) groups excluding carboxylic acids is 2. The lowest BCUT2D eigenvalue weighted by Gasteiger charge is -2.47. The van der Waals surface area contributed by atoms with E-state index in [4.69, 9.17) is 5.73 Å². The summed E-state index contributed by atoms with van der Waals surface area (Å²) < 4.78 is 40.1. The van der Waals surface area contributed by atoms with Gasteiger partial charge in [0.25, 0.3) is 5.91 Å². The summed E-state index contributed by atoms with van der Waals surface area (Å²) in [5.74, 6) is 0.734. The van der Waals surface area contributed by atoms with Gasteiger partial charge in [-0.1, -0.05) is 0 Å². The van der Waals surface area contributed by atoms with Gasteiger partial charge in [-0.05, 0) is 49.7 Å². The first-order valence-electron chi connectivity index (χ1n) is 12.2. The number of alkyl halides is 3. The number of aromatic nitrogens is 2. The summed E-state index contributed by atoms with van der Waals surface area (Å²) in [6.45, 7) is 6.22. The topological polar surface area (TPSA) is 108 Å². The number of aryl methyl sites for hydroxylation is 1. The number of rotatable bonds is 3. The summed E-state index contributed by atoms with van der Waals surface area (Å²) in [6, 6.07) is 6.15. The minimum absolute atomic E-state index is 0.0183. The predicted molar refractivity (Wildman–Crippen MR) is 139 cm³/mol. The third-order valence-electron chi connectivity index (χ3n) is 7.17. The molecule has 2 aliphatic heterocycles. The zero-order valence-electron chi connectivity index (χ0n) is 21.4. The van der Waals surface area contributed by atoms with Gasteiger partial charge in [0.05, 0.1) is 35.0 Å². The number of hydrogen-bond acceptors (Lipinski definition) is 7. The fraction of sp³-hybridized carbons (Fsp3) is 0.385. The Morgan fingerprint density at radius 3 is 2.55 bits per heavy atom. The van der Waals surface area contributed by atoms with E-state index in [-0.39, 0.29) is 17.5 Å². The van der Waals surface area contributed by atoms with E-state index in [9.17, 15) is 22.8 Å². The molecule has 2 atom stereocenters. The number of fused-ring (bicyclic) bond motifs is 4. The van der Waals surface area contributed by atoms with Crippen LogP contribution in [0, 0.1) is 6.92 Å². The van der Waals surface area contributed by atoms with E-state index in [0.29, 0.717) is 53.4 Å². The molecule has 0 spiro atoms. The number of nitrogens with one attached hydrogen (secondary N) is 1. The van der Waals surface area contributed by atoms with Crippen LogP contribution in [0.2, 0.25) is 0 Å². The van der Waals surface area contributed by atoms with Gasteiger partial charge in [0, 0.05) is 38.1 Å². The average Bonchev–Trinajstić information content (AvgIpc) is 2.85. The lowest BCUT2D eigenvalue weighted by molar-refractivity contribution is -0.137.